The molecule has 1 N–H and O–H groups in total. The zero-order valence-electron chi connectivity index (χ0n) is 7.29. The quantitative estimate of drug-likeness (QED) is 0.633. The number of hydrogen-bond donors (Lipinski definition) is 1. The maximum atomic E-state index is 9.31. The molecule has 0 amide bonds. The first-order valence-electron chi connectivity index (χ1n) is 4.65. The van der Waals surface area contributed by atoms with Gasteiger partial charge in [-0.3, -0.25) is 0 Å². The Morgan fingerprint density at radius 2 is 2.00 bits per heavy atom. The van der Waals surface area contributed by atoms with Gasteiger partial charge in [0.2, 0.25) is 0 Å². The van der Waals surface area contributed by atoms with Crippen LogP contribution in [-0.4, -0.2) is 37.6 Å². The third-order valence-electron chi connectivity index (χ3n) is 2.95. The minimum absolute atomic E-state index is 0.111. The first kappa shape index (κ1) is 8.48. The van der Waals surface area contributed by atoms with Gasteiger partial charge in [0, 0.05) is 25.2 Å². The molecule has 3 heteroatoms. The summed E-state index contributed by atoms with van der Waals surface area (Å²) in [5, 5.41) is 9.31. The molecule has 0 aliphatic carbocycles. The minimum Gasteiger partial charge on any atom is -0.396 e. The molecule has 0 unspecified atom stereocenters. The van der Waals surface area contributed by atoms with Crippen LogP contribution < -0.4 is 0 Å². The second kappa shape index (κ2) is 3.32. The van der Waals surface area contributed by atoms with Gasteiger partial charge in [-0.15, -0.1) is 0 Å². The highest BCUT2D eigenvalue weighted by atomic mass is 16.6. The van der Waals surface area contributed by atoms with Crippen LogP contribution in [0.4, 0.5) is 0 Å². The second-order valence-electron chi connectivity index (χ2n) is 3.93. The Labute approximate surface area is 72.7 Å². The number of ether oxygens (including phenoxy) is 2. The van der Waals surface area contributed by atoms with Crippen molar-refractivity contribution in [3.63, 3.8) is 0 Å². The third-order valence-corrected chi connectivity index (χ3v) is 2.95. The molecule has 2 fully saturated rings. The standard InChI is InChI=1S/C9H16O3/c10-7-9(5-8-6-12-8)1-3-11-4-2-9/h8,10H,1-7H2/t8-/m0/s1. The summed E-state index contributed by atoms with van der Waals surface area (Å²) in [6.07, 6.45) is 3.43. The van der Waals surface area contributed by atoms with Crippen molar-refractivity contribution in [1.82, 2.24) is 0 Å². The van der Waals surface area contributed by atoms with Gasteiger partial charge in [-0.2, -0.15) is 0 Å². The van der Waals surface area contributed by atoms with Crippen LogP contribution in [0.2, 0.25) is 0 Å². The smallest absolute Gasteiger partial charge is 0.0816 e. The average molecular weight is 172 g/mol. The summed E-state index contributed by atoms with van der Waals surface area (Å²) in [4.78, 5) is 0. The maximum Gasteiger partial charge on any atom is 0.0816 e. The van der Waals surface area contributed by atoms with E-state index in [2.05, 4.69) is 0 Å². The van der Waals surface area contributed by atoms with E-state index in [1.54, 1.807) is 0 Å². The Bertz CT molecular complexity index is 148. The number of epoxide rings is 1. The molecule has 12 heavy (non-hydrogen) atoms. The van der Waals surface area contributed by atoms with Crippen molar-refractivity contribution < 1.29 is 14.6 Å². The third kappa shape index (κ3) is 1.79. The molecule has 0 aromatic heterocycles. The molecule has 0 aromatic rings. The zero-order valence-corrected chi connectivity index (χ0v) is 7.29. The van der Waals surface area contributed by atoms with Gasteiger partial charge in [-0.05, 0) is 19.3 Å². The van der Waals surface area contributed by atoms with Gasteiger partial charge in [0.05, 0.1) is 12.7 Å². The molecule has 0 radical (unpaired) electrons. The van der Waals surface area contributed by atoms with Crippen molar-refractivity contribution in [2.75, 3.05) is 26.4 Å². The van der Waals surface area contributed by atoms with Crippen LogP contribution in [0.5, 0.6) is 0 Å². The predicted molar refractivity (Wildman–Crippen MR) is 43.9 cm³/mol. The highest BCUT2D eigenvalue weighted by Crippen LogP contribution is 2.38. The molecule has 2 heterocycles. The van der Waals surface area contributed by atoms with Gasteiger partial charge in [0.15, 0.2) is 0 Å². The lowest BCUT2D eigenvalue weighted by atomic mass is 9.77. The van der Waals surface area contributed by atoms with Crippen molar-refractivity contribution in [1.29, 1.82) is 0 Å². The Morgan fingerprint density at radius 1 is 1.33 bits per heavy atom. The van der Waals surface area contributed by atoms with Gasteiger partial charge in [-0.1, -0.05) is 0 Å². The summed E-state index contributed by atoms with van der Waals surface area (Å²) in [6.45, 7) is 2.78. The molecule has 0 saturated carbocycles. The molecular formula is C9H16O3. The monoisotopic (exact) mass is 172 g/mol. The Kier molecular flexibility index (Phi) is 2.35. The van der Waals surface area contributed by atoms with Gasteiger partial charge >= 0.3 is 0 Å². The topological polar surface area (TPSA) is 42.0 Å². The molecular weight excluding hydrogens is 156 g/mol. The summed E-state index contributed by atoms with van der Waals surface area (Å²) < 4.78 is 10.5. The molecule has 2 saturated heterocycles. The fourth-order valence-electron chi connectivity index (χ4n) is 1.90. The Balaban J connectivity index is 1.90. The van der Waals surface area contributed by atoms with Gasteiger partial charge in [0.25, 0.3) is 0 Å². The first-order chi connectivity index (χ1) is 5.85. The van der Waals surface area contributed by atoms with Crippen LogP contribution in [-0.2, 0) is 9.47 Å². The van der Waals surface area contributed by atoms with Crippen LogP contribution in [0, 0.1) is 5.41 Å². The van der Waals surface area contributed by atoms with Crippen LogP contribution in [0.3, 0.4) is 0 Å². The molecule has 3 nitrogen and oxygen atoms in total. The zero-order chi connectivity index (χ0) is 8.44. The Hall–Kier alpha value is -0.120. The van der Waals surface area contributed by atoms with E-state index in [1.165, 1.54) is 0 Å². The van der Waals surface area contributed by atoms with Crippen molar-refractivity contribution in [2.24, 2.45) is 5.41 Å². The molecule has 2 aliphatic rings. The first-order valence-corrected chi connectivity index (χ1v) is 4.65. The lowest BCUT2D eigenvalue weighted by Gasteiger charge is -2.35. The number of hydrogen-bond acceptors (Lipinski definition) is 3. The lowest BCUT2D eigenvalue weighted by Crippen LogP contribution is -2.34. The molecule has 0 aromatic carbocycles. The number of rotatable bonds is 3. The van der Waals surface area contributed by atoms with E-state index in [-0.39, 0.29) is 12.0 Å². The van der Waals surface area contributed by atoms with E-state index < -0.39 is 0 Å². The molecule has 70 valence electrons. The van der Waals surface area contributed by atoms with Gasteiger partial charge in [-0.25, -0.2) is 0 Å². The van der Waals surface area contributed by atoms with Crippen LogP contribution in [0.25, 0.3) is 0 Å². The van der Waals surface area contributed by atoms with E-state index in [0.29, 0.717) is 6.10 Å². The maximum absolute atomic E-state index is 9.31. The summed E-state index contributed by atoms with van der Waals surface area (Å²) in [5.41, 5.74) is 0.111. The molecule has 0 bridgehead atoms. The highest BCUT2D eigenvalue weighted by Gasteiger charge is 2.38. The molecule has 1 atom stereocenters. The lowest BCUT2D eigenvalue weighted by molar-refractivity contribution is -0.0240. The fourth-order valence-corrected chi connectivity index (χ4v) is 1.90. The van der Waals surface area contributed by atoms with E-state index in [1.807, 2.05) is 0 Å². The fraction of sp³-hybridized carbons (Fsp3) is 1.00. The summed E-state index contributed by atoms with van der Waals surface area (Å²) in [6, 6.07) is 0. The van der Waals surface area contributed by atoms with Crippen LogP contribution >= 0.6 is 0 Å². The summed E-state index contributed by atoms with van der Waals surface area (Å²) in [7, 11) is 0. The van der Waals surface area contributed by atoms with E-state index >= 15 is 0 Å². The average Bonchev–Trinajstić information content (AvgIpc) is 2.90. The van der Waals surface area contributed by atoms with E-state index in [0.717, 1.165) is 39.1 Å². The number of aliphatic hydroxyl groups is 1. The van der Waals surface area contributed by atoms with Crippen molar-refractivity contribution in [3.05, 3.63) is 0 Å². The Morgan fingerprint density at radius 3 is 2.50 bits per heavy atom. The SMILES string of the molecule is OCC1(C[C@H]2CO2)CCOCC1. The van der Waals surface area contributed by atoms with Gasteiger partial charge < -0.3 is 14.6 Å². The molecule has 2 rings (SSSR count). The second-order valence-corrected chi connectivity index (χ2v) is 3.93. The van der Waals surface area contributed by atoms with E-state index in [9.17, 15) is 5.11 Å². The summed E-state index contributed by atoms with van der Waals surface area (Å²) >= 11 is 0. The van der Waals surface area contributed by atoms with Crippen LogP contribution in [0.1, 0.15) is 19.3 Å². The van der Waals surface area contributed by atoms with Crippen molar-refractivity contribution in [3.8, 4) is 0 Å². The van der Waals surface area contributed by atoms with Crippen molar-refractivity contribution in [2.45, 2.75) is 25.4 Å². The predicted octanol–water partition coefficient (Wildman–Crippen LogP) is 0.564. The van der Waals surface area contributed by atoms with Crippen LogP contribution in [0.15, 0.2) is 0 Å². The summed E-state index contributed by atoms with van der Waals surface area (Å²) in [5.74, 6) is 0. The van der Waals surface area contributed by atoms with E-state index in [4.69, 9.17) is 9.47 Å². The number of aliphatic hydroxyl groups excluding tert-OH is 1. The normalized spacial score (nSPS) is 33.2. The minimum atomic E-state index is 0.111. The highest BCUT2D eigenvalue weighted by molar-refractivity contribution is 4.87. The van der Waals surface area contributed by atoms with Crippen molar-refractivity contribution >= 4 is 0 Å². The largest absolute Gasteiger partial charge is 0.396 e. The van der Waals surface area contributed by atoms with Gasteiger partial charge in [0.1, 0.15) is 0 Å². The molecule has 2 aliphatic heterocycles. The molecule has 0 spiro atoms.